The third-order valence-electron chi connectivity index (χ3n) is 1.61. The van der Waals surface area contributed by atoms with E-state index in [0.717, 1.165) is 6.42 Å². The van der Waals surface area contributed by atoms with E-state index in [9.17, 15) is 0 Å². The van der Waals surface area contributed by atoms with Gasteiger partial charge in [0.1, 0.15) is 0 Å². The van der Waals surface area contributed by atoms with Crippen molar-refractivity contribution in [1.29, 1.82) is 5.41 Å². The molecule has 0 aromatic heterocycles. The van der Waals surface area contributed by atoms with E-state index >= 15 is 0 Å². The molecule has 0 aromatic rings. The topological polar surface area (TPSA) is 53.1 Å². The van der Waals surface area contributed by atoms with E-state index in [-0.39, 0.29) is 11.5 Å². The fourth-order valence-corrected chi connectivity index (χ4v) is 0.806. The van der Waals surface area contributed by atoms with Crippen LogP contribution in [-0.4, -0.2) is 14.6 Å². The van der Waals surface area contributed by atoms with Crippen LogP contribution in [0.4, 0.5) is 0 Å². The molecule has 0 unspecified atom stereocenters. The molecule has 0 heterocycles. The molecular formula is C6H14IN3. The molecule has 0 aliphatic rings. The molecule has 0 radical (unpaired) electrons. The summed E-state index contributed by atoms with van der Waals surface area (Å²) >= 11 is 2.06. The molecule has 3 N–H and O–H groups in total. The lowest BCUT2D eigenvalue weighted by atomic mass is 10.0. The Bertz CT molecular complexity index is 133. The van der Waals surface area contributed by atoms with Crippen LogP contribution in [0.1, 0.15) is 27.2 Å². The second kappa shape index (κ2) is 3.41. The summed E-state index contributed by atoms with van der Waals surface area (Å²) in [5.41, 5.74) is 5.29. The Hall–Kier alpha value is 0. The number of guanidine groups is 1. The van der Waals surface area contributed by atoms with Crippen molar-refractivity contribution >= 4 is 28.8 Å². The van der Waals surface area contributed by atoms with Crippen molar-refractivity contribution in [3.63, 3.8) is 0 Å². The number of rotatable bonds is 2. The Morgan fingerprint density at radius 3 is 2.20 bits per heavy atom. The highest BCUT2D eigenvalue weighted by Crippen LogP contribution is 2.21. The lowest BCUT2D eigenvalue weighted by molar-refractivity contribution is 0.348. The van der Waals surface area contributed by atoms with Gasteiger partial charge in [0.25, 0.3) is 0 Å². The normalized spacial score (nSPS) is 11.2. The van der Waals surface area contributed by atoms with Crippen molar-refractivity contribution in [2.45, 2.75) is 32.7 Å². The minimum atomic E-state index is -0.00755. The van der Waals surface area contributed by atoms with Gasteiger partial charge < -0.3 is 5.73 Å². The van der Waals surface area contributed by atoms with Gasteiger partial charge in [-0.15, -0.1) is 0 Å². The minimum absolute atomic E-state index is 0.00755. The maximum atomic E-state index is 7.16. The number of halogens is 1. The van der Waals surface area contributed by atoms with E-state index < -0.39 is 0 Å². The van der Waals surface area contributed by atoms with Gasteiger partial charge in [-0.3, -0.25) is 8.52 Å². The van der Waals surface area contributed by atoms with Crippen molar-refractivity contribution in [1.82, 2.24) is 3.11 Å². The third kappa shape index (κ3) is 2.32. The van der Waals surface area contributed by atoms with Crippen LogP contribution in [0.5, 0.6) is 0 Å². The van der Waals surface area contributed by atoms with Crippen LogP contribution >= 0.6 is 22.9 Å². The molecule has 10 heavy (non-hydrogen) atoms. The molecule has 0 aromatic carbocycles. The van der Waals surface area contributed by atoms with E-state index in [2.05, 4.69) is 43.6 Å². The summed E-state index contributed by atoms with van der Waals surface area (Å²) in [7, 11) is 0. The minimum Gasteiger partial charge on any atom is -0.369 e. The van der Waals surface area contributed by atoms with Gasteiger partial charge in [0, 0.05) is 5.54 Å². The van der Waals surface area contributed by atoms with Crippen LogP contribution < -0.4 is 5.73 Å². The zero-order valence-electron chi connectivity index (χ0n) is 6.61. The lowest BCUT2D eigenvalue weighted by Gasteiger charge is -2.32. The number of hydrogen-bond donors (Lipinski definition) is 2. The third-order valence-corrected chi connectivity index (χ3v) is 3.43. The molecular weight excluding hydrogens is 241 g/mol. The van der Waals surface area contributed by atoms with E-state index in [1.807, 2.05) is 0 Å². The fourth-order valence-electron chi connectivity index (χ4n) is 0.465. The molecule has 0 fully saturated rings. The van der Waals surface area contributed by atoms with Crippen LogP contribution in [-0.2, 0) is 0 Å². The van der Waals surface area contributed by atoms with Crippen molar-refractivity contribution in [3.8, 4) is 0 Å². The first-order chi connectivity index (χ1) is 4.41. The summed E-state index contributed by atoms with van der Waals surface area (Å²) in [6.07, 6.45) is 0.982. The molecule has 0 bridgehead atoms. The van der Waals surface area contributed by atoms with Gasteiger partial charge in [-0.05, 0) is 20.3 Å². The Balaban J connectivity index is 4.17. The van der Waals surface area contributed by atoms with Gasteiger partial charge in [-0.1, -0.05) is 6.92 Å². The van der Waals surface area contributed by atoms with Gasteiger partial charge in [-0.2, -0.15) is 0 Å². The number of nitrogens with one attached hydrogen (secondary N) is 1. The highest BCUT2D eigenvalue weighted by Gasteiger charge is 2.23. The molecule has 0 rings (SSSR count). The standard InChI is InChI=1S/C6H14IN3/c1-4-6(2,3)10(7)5(8)9/h4H2,1-3H3,(H3,8,9). The lowest BCUT2D eigenvalue weighted by Crippen LogP contribution is -2.43. The highest BCUT2D eigenvalue weighted by atomic mass is 127. The van der Waals surface area contributed by atoms with E-state index in [1.165, 1.54) is 0 Å². The Kier molecular flexibility index (Phi) is 3.41. The quantitative estimate of drug-likeness (QED) is 0.341. The maximum Gasteiger partial charge on any atom is 0.197 e. The zero-order valence-corrected chi connectivity index (χ0v) is 8.77. The van der Waals surface area contributed by atoms with Gasteiger partial charge in [0.15, 0.2) is 5.96 Å². The van der Waals surface area contributed by atoms with Crippen molar-refractivity contribution in [2.24, 2.45) is 5.73 Å². The molecule has 60 valence electrons. The van der Waals surface area contributed by atoms with Crippen molar-refractivity contribution < 1.29 is 0 Å². The number of nitrogens with zero attached hydrogens (tertiary/aromatic N) is 1. The molecule has 0 spiro atoms. The van der Waals surface area contributed by atoms with Gasteiger partial charge in [0.05, 0.1) is 22.9 Å². The SMILES string of the molecule is CCC(C)(C)N(I)C(=N)N. The molecule has 3 nitrogen and oxygen atoms in total. The Morgan fingerprint density at radius 2 is 2.10 bits per heavy atom. The summed E-state index contributed by atoms with van der Waals surface area (Å²) in [4.78, 5) is 0. The molecule has 0 amide bonds. The van der Waals surface area contributed by atoms with Crippen LogP contribution in [0.2, 0.25) is 0 Å². The second-order valence-corrected chi connectivity index (χ2v) is 3.80. The van der Waals surface area contributed by atoms with Crippen LogP contribution in [0.3, 0.4) is 0 Å². The van der Waals surface area contributed by atoms with Crippen LogP contribution in [0.25, 0.3) is 0 Å². The van der Waals surface area contributed by atoms with Gasteiger partial charge in [0.2, 0.25) is 0 Å². The Labute approximate surface area is 76.0 Å². The summed E-state index contributed by atoms with van der Waals surface area (Å²) in [6, 6.07) is 0. The van der Waals surface area contributed by atoms with Crippen molar-refractivity contribution in [2.75, 3.05) is 0 Å². The first-order valence-corrected chi connectivity index (χ1v) is 4.18. The second-order valence-electron chi connectivity index (χ2n) is 2.83. The van der Waals surface area contributed by atoms with E-state index in [1.54, 1.807) is 3.11 Å². The van der Waals surface area contributed by atoms with Crippen LogP contribution in [0.15, 0.2) is 0 Å². The first kappa shape index (κ1) is 10.0. The van der Waals surface area contributed by atoms with Crippen LogP contribution in [0, 0.1) is 5.41 Å². The Morgan fingerprint density at radius 1 is 1.70 bits per heavy atom. The van der Waals surface area contributed by atoms with Gasteiger partial charge >= 0.3 is 0 Å². The highest BCUT2D eigenvalue weighted by molar-refractivity contribution is 14.1. The maximum absolute atomic E-state index is 7.16. The monoisotopic (exact) mass is 255 g/mol. The molecule has 0 aliphatic carbocycles. The first-order valence-electron chi connectivity index (χ1n) is 3.22. The molecule has 0 atom stereocenters. The summed E-state index contributed by atoms with van der Waals surface area (Å²) in [5.74, 6) is 0.118. The largest absolute Gasteiger partial charge is 0.369 e. The number of hydrogen-bond acceptors (Lipinski definition) is 1. The van der Waals surface area contributed by atoms with Crippen molar-refractivity contribution in [3.05, 3.63) is 0 Å². The fraction of sp³-hybridized carbons (Fsp3) is 0.833. The molecule has 0 saturated heterocycles. The van der Waals surface area contributed by atoms with E-state index in [0.29, 0.717) is 0 Å². The summed E-state index contributed by atoms with van der Waals surface area (Å²) in [6.45, 7) is 6.19. The average Bonchev–Trinajstić information content (AvgIpc) is 1.86. The molecule has 4 heteroatoms. The average molecular weight is 255 g/mol. The number of nitrogens with two attached hydrogens (primary N) is 1. The molecule has 0 aliphatic heterocycles. The summed E-state index contributed by atoms with van der Waals surface area (Å²) in [5, 5.41) is 7.16. The predicted octanol–water partition coefficient (Wildman–Crippen LogP) is 1.72. The zero-order chi connectivity index (χ0) is 8.36. The predicted molar refractivity (Wildman–Crippen MR) is 52.1 cm³/mol. The smallest absolute Gasteiger partial charge is 0.197 e. The summed E-state index contributed by atoms with van der Waals surface area (Å²) < 4.78 is 1.74. The molecule has 0 saturated carbocycles. The van der Waals surface area contributed by atoms with E-state index in [4.69, 9.17) is 11.1 Å². The van der Waals surface area contributed by atoms with Gasteiger partial charge in [-0.25, -0.2) is 0 Å².